The van der Waals surface area contributed by atoms with E-state index in [1.165, 1.54) is 38.5 Å². The monoisotopic (exact) mass is 798 g/mol. The molecule has 4 aliphatic heterocycles. The summed E-state index contributed by atoms with van der Waals surface area (Å²) in [6, 6.07) is 1.70. The summed E-state index contributed by atoms with van der Waals surface area (Å²) >= 11 is 4.06. The van der Waals surface area contributed by atoms with Crippen LogP contribution in [0.1, 0.15) is 90.9 Å². The number of carbonyl (C=O) groups is 3. The minimum Gasteiger partial charge on any atom is -0.475 e. The van der Waals surface area contributed by atoms with Crippen LogP contribution in [-0.2, 0) is 23.9 Å². The number of nitrogens with one attached hydrogen (secondary N) is 4. The van der Waals surface area contributed by atoms with Gasteiger partial charge in [0.25, 0.3) is 0 Å². The molecule has 4 rings (SSSR count). The molecule has 0 aliphatic carbocycles. The Hall–Kier alpha value is -2.64. The number of nitrogens with zero attached hydrogens (tertiary/aromatic N) is 2. The molecule has 14 nitrogen and oxygen atoms in total. The molecule has 0 spiro atoms. The quantitative estimate of drug-likeness (QED) is 0.0788. The van der Waals surface area contributed by atoms with Gasteiger partial charge in [0.1, 0.15) is 0 Å². The molecule has 0 aromatic rings. The van der Waals surface area contributed by atoms with Gasteiger partial charge in [-0.05, 0) is 51.4 Å². The first-order valence-corrected chi connectivity index (χ1v) is 20.7. The number of hydrogen-bond acceptors (Lipinski definition) is 13. The Bertz CT molecular complexity index is 1080. The molecule has 0 aromatic heterocycles. The molecule has 0 unspecified atom stereocenters. The Morgan fingerprint density at radius 3 is 1.42 bits per heavy atom. The lowest BCUT2D eigenvalue weighted by molar-refractivity contribution is -0.192. The molecule has 2 fully saturated rings. The molecule has 0 aromatic carbocycles. The van der Waals surface area contributed by atoms with E-state index in [4.69, 9.17) is 30.8 Å². The molecule has 306 valence electrons. The van der Waals surface area contributed by atoms with Gasteiger partial charge in [0.05, 0.1) is 24.2 Å². The van der Waals surface area contributed by atoms with E-state index in [0.717, 1.165) is 89.5 Å². The highest BCUT2D eigenvalue weighted by Crippen LogP contribution is 2.36. The van der Waals surface area contributed by atoms with E-state index in [9.17, 15) is 22.8 Å². The van der Waals surface area contributed by atoms with Crippen LogP contribution in [0.4, 0.5) is 13.2 Å². The maximum absolute atomic E-state index is 10.7. The van der Waals surface area contributed by atoms with Crippen molar-refractivity contribution in [2.75, 3.05) is 51.0 Å². The van der Waals surface area contributed by atoms with Gasteiger partial charge in [0.15, 0.2) is 11.9 Å². The van der Waals surface area contributed by atoms with Gasteiger partial charge >= 0.3 is 12.1 Å². The van der Waals surface area contributed by atoms with Gasteiger partial charge in [-0.2, -0.15) is 36.7 Å². The number of fused-ring (bicyclic) bond motifs is 2. The summed E-state index contributed by atoms with van der Waals surface area (Å²) in [5.41, 5.74) is 11.5. The predicted molar refractivity (Wildman–Crippen MR) is 205 cm³/mol. The van der Waals surface area contributed by atoms with Crippen molar-refractivity contribution < 1.29 is 42.1 Å². The molecule has 6 atom stereocenters. The number of hydrogen-bond donors (Lipinski definition) is 7. The third kappa shape index (κ3) is 20.6. The molecule has 0 radical (unpaired) electrons. The van der Waals surface area contributed by atoms with Gasteiger partial charge in [-0.25, -0.2) is 14.8 Å². The number of amides is 2. The molecular weight excluding hydrogens is 738 g/mol. The van der Waals surface area contributed by atoms with Crippen molar-refractivity contribution in [1.82, 2.24) is 21.3 Å². The summed E-state index contributed by atoms with van der Waals surface area (Å²) in [5, 5.41) is 20.5. The first kappa shape index (κ1) is 46.5. The Kier molecular flexibility index (Phi) is 23.0. The molecule has 4 heterocycles. The molecule has 0 saturated carbocycles. The van der Waals surface area contributed by atoms with Gasteiger partial charge in [0, 0.05) is 75.4 Å². The maximum Gasteiger partial charge on any atom is 0.490 e. The summed E-state index contributed by atoms with van der Waals surface area (Å²) < 4.78 is 43.0. The molecule has 19 heteroatoms. The SMILES string of the molecule is CC(=O)NCCCCOCCCCC[C@@H]1SC[C@@H]2NC(N)=N[C@@H]21.CC(=O)NCCCCOCCCCC[C@@H]1SC[C@@H]2NC(N)=N[C@@H]21.O=C(O)C(F)(F)F. The normalized spacial score (nSPS) is 23.9. The van der Waals surface area contributed by atoms with Crippen LogP contribution in [0.25, 0.3) is 0 Å². The number of ether oxygens (including phenoxy) is 2. The van der Waals surface area contributed by atoms with Crippen LogP contribution in [0.2, 0.25) is 0 Å². The lowest BCUT2D eigenvalue weighted by atomic mass is 10.0. The Morgan fingerprint density at radius 1 is 0.717 bits per heavy atom. The standard InChI is InChI=1S/2C16H30N4O2S.C2HF3O2/c2*1-12(21)18-8-4-6-10-22-9-5-2-3-7-14-15-13(11-23-14)19-16(17)20-15;3-2(4,5)1(6)7/h2*13-15H,2-11H2,1H3,(H,18,21)(H3,17,19,20);(H,6,7)/t2*13-,14-,15-;/m00./s1. The summed E-state index contributed by atoms with van der Waals surface area (Å²) in [6.45, 7) is 7.87. The average molecular weight is 799 g/mol. The highest BCUT2D eigenvalue weighted by atomic mass is 32.2. The van der Waals surface area contributed by atoms with Crippen LogP contribution < -0.4 is 32.7 Å². The van der Waals surface area contributed by atoms with E-state index in [-0.39, 0.29) is 11.8 Å². The number of thioether (sulfide) groups is 2. The predicted octanol–water partition coefficient (Wildman–Crippen LogP) is 3.13. The lowest BCUT2D eigenvalue weighted by Crippen LogP contribution is -2.38. The molecule has 2 saturated heterocycles. The lowest BCUT2D eigenvalue weighted by Gasteiger charge is -2.14. The molecular formula is C34H61F3N8O6S2. The Labute approximate surface area is 320 Å². The fourth-order valence-corrected chi connectivity index (χ4v) is 9.13. The van der Waals surface area contributed by atoms with E-state index >= 15 is 0 Å². The second kappa shape index (κ2) is 26.2. The van der Waals surface area contributed by atoms with E-state index in [1.54, 1.807) is 13.8 Å². The number of alkyl halides is 3. The fraction of sp³-hybridized carbons (Fsp3) is 0.853. The molecule has 4 aliphatic rings. The maximum atomic E-state index is 10.7. The van der Waals surface area contributed by atoms with Crippen molar-refractivity contribution in [2.45, 2.75) is 132 Å². The van der Waals surface area contributed by atoms with E-state index < -0.39 is 12.1 Å². The number of halogens is 3. The Balaban J connectivity index is 0.000000311. The number of aliphatic carboxylic acids is 1. The van der Waals surface area contributed by atoms with Gasteiger partial charge in [-0.15, -0.1) is 0 Å². The van der Waals surface area contributed by atoms with E-state index in [2.05, 4.69) is 31.3 Å². The second-order valence-electron chi connectivity index (χ2n) is 13.4. The zero-order valence-electron chi connectivity index (χ0n) is 31.1. The zero-order chi connectivity index (χ0) is 39.1. The first-order chi connectivity index (χ1) is 25.3. The number of aliphatic imine (C=N–C) groups is 2. The minimum atomic E-state index is -5.08. The number of carbonyl (C=O) groups excluding carboxylic acids is 2. The van der Waals surface area contributed by atoms with Crippen LogP contribution in [0.15, 0.2) is 9.98 Å². The van der Waals surface area contributed by atoms with Crippen molar-refractivity contribution in [3.63, 3.8) is 0 Å². The number of carboxylic acids is 1. The van der Waals surface area contributed by atoms with Crippen molar-refractivity contribution in [3.05, 3.63) is 0 Å². The number of guanidine groups is 2. The first-order valence-electron chi connectivity index (χ1n) is 18.6. The number of nitrogens with two attached hydrogens (primary N) is 2. The molecule has 2 amide bonds. The smallest absolute Gasteiger partial charge is 0.475 e. The third-order valence-electron chi connectivity index (χ3n) is 8.78. The van der Waals surface area contributed by atoms with Crippen molar-refractivity contribution in [2.24, 2.45) is 21.5 Å². The van der Waals surface area contributed by atoms with Crippen LogP contribution in [-0.4, -0.2) is 127 Å². The molecule has 0 bridgehead atoms. The van der Waals surface area contributed by atoms with Crippen molar-refractivity contribution in [3.8, 4) is 0 Å². The van der Waals surface area contributed by atoms with Gasteiger partial charge in [-0.3, -0.25) is 9.59 Å². The molecule has 53 heavy (non-hydrogen) atoms. The summed E-state index contributed by atoms with van der Waals surface area (Å²) in [5.74, 6) is 0.822. The van der Waals surface area contributed by atoms with Gasteiger partial charge < -0.3 is 47.3 Å². The number of rotatable bonds is 22. The summed E-state index contributed by atoms with van der Waals surface area (Å²) in [6.07, 6.45) is 8.51. The minimum absolute atomic E-state index is 0.0411. The van der Waals surface area contributed by atoms with Crippen LogP contribution in [0, 0.1) is 0 Å². The number of unbranched alkanes of at least 4 members (excludes halogenated alkanes) is 6. The van der Waals surface area contributed by atoms with Crippen molar-refractivity contribution in [1.29, 1.82) is 0 Å². The average Bonchev–Trinajstić information content (AvgIpc) is 3.84. The van der Waals surface area contributed by atoms with Gasteiger partial charge in [-0.1, -0.05) is 25.7 Å². The van der Waals surface area contributed by atoms with Crippen LogP contribution in [0.5, 0.6) is 0 Å². The van der Waals surface area contributed by atoms with E-state index in [1.807, 2.05) is 23.5 Å². The summed E-state index contributed by atoms with van der Waals surface area (Å²) in [4.78, 5) is 39.3. The second-order valence-corrected chi connectivity index (χ2v) is 15.9. The topological polar surface area (TPSA) is 215 Å². The number of carboxylic acid groups (broad SMARTS) is 1. The fourth-order valence-electron chi connectivity index (χ4n) is 6.10. The largest absolute Gasteiger partial charge is 0.490 e. The van der Waals surface area contributed by atoms with Crippen LogP contribution >= 0.6 is 23.5 Å². The van der Waals surface area contributed by atoms with Crippen LogP contribution in [0.3, 0.4) is 0 Å². The van der Waals surface area contributed by atoms with Gasteiger partial charge in [0.2, 0.25) is 11.8 Å². The Morgan fingerprint density at radius 2 is 1.08 bits per heavy atom. The highest BCUT2D eigenvalue weighted by Gasteiger charge is 2.41. The molecule has 9 N–H and O–H groups in total. The highest BCUT2D eigenvalue weighted by molar-refractivity contribution is 8.00. The summed E-state index contributed by atoms with van der Waals surface area (Å²) in [7, 11) is 0. The van der Waals surface area contributed by atoms with Crippen molar-refractivity contribution >= 4 is 53.2 Å². The zero-order valence-corrected chi connectivity index (χ0v) is 32.7. The third-order valence-corrected chi connectivity index (χ3v) is 11.8. The van der Waals surface area contributed by atoms with E-state index in [0.29, 0.717) is 46.6 Å².